The van der Waals surface area contributed by atoms with Crippen molar-refractivity contribution in [1.82, 2.24) is 9.97 Å². The Balaban J connectivity index is 2.36. The predicted octanol–water partition coefficient (Wildman–Crippen LogP) is 3.26. The molecule has 0 aliphatic heterocycles. The third-order valence-electron chi connectivity index (χ3n) is 3.05. The van der Waals surface area contributed by atoms with Crippen molar-refractivity contribution in [3.63, 3.8) is 0 Å². The molecule has 0 amide bonds. The van der Waals surface area contributed by atoms with Crippen molar-refractivity contribution in [2.24, 2.45) is 0 Å². The van der Waals surface area contributed by atoms with Crippen molar-refractivity contribution in [1.29, 1.82) is 0 Å². The number of nitrogens with one attached hydrogen (secondary N) is 1. The first-order valence-electron chi connectivity index (χ1n) is 5.65. The number of aromatic nitrogens is 2. The van der Waals surface area contributed by atoms with Crippen LogP contribution in [0.25, 0.3) is 22.2 Å². The molecule has 4 heteroatoms. The lowest BCUT2D eigenvalue weighted by molar-refractivity contribution is 0.628. The molecular weight excluding hydrogens is 229 g/mol. The number of rotatable bonds is 1. The molecule has 0 aliphatic rings. The summed E-state index contributed by atoms with van der Waals surface area (Å²) in [6.45, 7) is 1.97. The number of H-pyrrole nitrogens is 1. The summed E-state index contributed by atoms with van der Waals surface area (Å²) in [6, 6.07) is 6.40. The zero-order valence-electron chi connectivity index (χ0n) is 9.87. The number of aromatic amines is 1. The maximum Gasteiger partial charge on any atom is 0.140 e. The van der Waals surface area contributed by atoms with Crippen LogP contribution in [0, 0.1) is 12.7 Å². The maximum absolute atomic E-state index is 13.0. The quantitative estimate of drug-likeness (QED) is 0.687. The van der Waals surface area contributed by atoms with E-state index < -0.39 is 0 Å². The maximum atomic E-state index is 13.0. The Morgan fingerprint density at radius 3 is 2.67 bits per heavy atom. The van der Waals surface area contributed by atoms with Crippen molar-refractivity contribution in [2.45, 2.75) is 6.92 Å². The zero-order chi connectivity index (χ0) is 12.7. The van der Waals surface area contributed by atoms with E-state index in [1.165, 1.54) is 12.1 Å². The number of aryl methyl sites for hydroxylation is 1. The highest BCUT2D eigenvalue weighted by molar-refractivity contribution is 6.02. The summed E-state index contributed by atoms with van der Waals surface area (Å²) in [5.41, 5.74) is 10.3. The molecule has 0 bridgehead atoms. The Kier molecular flexibility index (Phi) is 2.30. The van der Waals surface area contributed by atoms with Gasteiger partial charge in [-0.25, -0.2) is 9.37 Å². The topological polar surface area (TPSA) is 54.7 Å². The summed E-state index contributed by atoms with van der Waals surface area (Å²) in [6.07, 6.45) is 3.51. The van der Waals surface area contributed by atoms with E-state index in [9.17, 15) is 4.39 Å². The number of anilines is 1. The summed E-state index contributed by atoms with van der Waals surface area (Å²) in [7, 11) is 0. The van der Waals surface area contributed by atoms with Crippen molar-refractivity contribution < 1.29 is 4.39 Å². The number of hydrogen-bond donors (Lipinski definition) is 2. The van der Waals surface area contributed by atoms with E-state index in [1.807, 2.05) is 6.92 Å². The highest BCUT2D eigenvalue weighted by Crippen LogP contribution is 2.33. The second-order valence-electron chi connectivity index (χ2n) is 4.29. The summed E-state index contributed by atoms with van der Waals surface area (Å²) in [5.74, 6) is -0.247. The van der Waals surface area contributed by atoms with Crippen LogP contribution in [0.15, 0.2) is 36.7 Å². The minimum absolute atomic E-state index is 0.247. The van der Waals surface area contributed by atoms with Gasteiger partial charge in [-0.15, -0.1) is 0 Å². The molecule has 3 aromatic rings. The molecular formula is C14H12FN3. The number of nitrogens with two attached hydrogens (primary N) is 1. The Bertz CT molecular complexity index is 714. The van der Waals surface area contributed by atoms with Gasteiger partial charge in [0.15, 0.2) is 0 Å². The largest absolute Gasteiger partial charge is 0.397 e. The van der Waals surface area contributed by atoms with Crippen LogP contribution in [0.2, 0.25) is 0 Å². The van der Waals surface area contributed by atoms with Crippen LogP contribution in [-0.4, -0.2) is 9.97 Å². The van der Waals surface area contributed by atoms with Crippen LogP contribution in [-0.2, 0) is 0 Å². The van der Waals surface area contributed by atoms with Gasteiger partial charge in [0.05, 0.1) is 5.69 Å². The van der Waals surface area contributed by atoms with Crippen LogP contribution < -0.4 is 5.73 Å². The van der Waals surface area contributed by atoms with Gasteiger partial charge < -0.3 is 10.7 Å². The molecule has 2 aromatic heterocycles. The van der Waals surface area contributed by atoms with E-state index >= 15 is 0 Å². The molecule has 18 heavy (non-hydrogen) atoms. The van der Waals surface area contributed by atoms with Crippen LogP contribution in [0.1, 0.15) is 5.56 Å². The molecule has 0 fully saturated rings. The summed E-state index contributed by atoms with van der Waals surface area (Å²) >= 11 is 0. The molecule has 0 unspecified atom stereocenters. The minimum Gasteiger partial charge on any atom is -0.397 e. The number of halogens is 1. The van der Waals surface area contributed by atoms with Gasteiger partial charge in [0.25, 0.3) is 0 Å². The average Bonchev–Trinajstić information content (AvgIpc) is 2.73. The zero-order valence-corrected chi connectivity index (χ0v) is 9.87. The first kappa shape index (κ1) is 10.8. The van der Waals surface area contributed by atoms with Crippen molar-refractivity contribution in [3.05, 3.63) is 48.0 Å². The van der Waals surface area contributed by atoms with E-state index in [2.05, 4.69) is 9.97 Å². The summed E-state index contributed by atoms with van der Waals surface area (Å²) in [4.78, 5) is 7.32. The first-order valence-corrected chi connectivity index (χ1v) is 5.65. The molecule has 3 rings (SSSR count). The van der Waals surface area contributed by atoms with Gasteiger partial charge in [-0.3, -0.25) is 0 Å². The van der Waals surface area contributed by atoms with Crippen LogP contribution in [0.3, 0.4) is 0 Å². The average molecular weight is 241 g/mol. The van der Waals surface area contributed by atoms with Crippen LogP contribution in [0.5, 0.6) is 0 Å². The van der Waals surface area contributed by atoms with Gasteiger partial charge in [-0.2, -0.15) is 0 Å². The Labute approximate surface area is 103 Å². The Morgan fingerprint density at radius 1 is 1.22 bits per heavy atom. The second-order valence-corrected chi connectivity index (χ2v) is 4.29. The van der Waals surface area contributed by atoms with Gasteiger partial charge in [0, 0.05) is 17.8 Å². The van der Waals surface area contributed by atoms with E-state index in [-0.39, 0.29) is 5.82 Å². The highest BCUT2D eigenvalue weighted by atomic mass is 19.1. The SMILES string of the molecule is Cc1cnc2[nH]cc(N)c2c1-c1ccc(F)cc1. The highest BCUT2D eigenvalue weighted by Gasteiger charge is 2.12. The fourth-order valence-corrected chi connectivity index (χ4v) is 2.20. The lowest BCUT2D eigenvalue weighted by Crippen LogP contribution is -1.90. The molecule has 0 spiro atoms. The van der Waals surface area contributed by atoms with E-state index in [4.69, 9.17) is 5.73 Å². The molecule has 90 valence electrons. The number of benzene rings is 1. The number of nitrogens with zero attached hydrogens (tertiary/aromatic N) is 1. The molecule has 3 N–H and O–H groups in total. The van der Waals surface area contributed by atoms with Crippen molar-refractivity contribution in [3.8, 4) is 11.1 Å². The lowest BCUT2D eigenvalue weighted by atomic mass is 9.99. The number of hydrogen-bond acceptors (Lipinski definition) is 2. The lowest BCUT2D eigenvalue weighted by Gasteiger charge is -2.08. The van der Waals surface area contributed by atoms with Crippen molar-refractivity contribution in [2.75, 3.05) is 5.73 Å². The van der Waals surface area contributed by atoms with Gasteiger partial charge in [0.2, 0.25) is 0 Å². The Morgan fingerprint density at radius 2 is 1.94 bits per heavy atom. The normalized spacial score (nSPS) is 11.0. The number of nitrogen functional groups attached to an aromatic ring is 1. The molecule has 1 aromatic carbocycles. The van der Waals surface area contributed by atoms with Gasteiger partial charge in [-0.1, -0.05) is 12.1 Å². The number of fused-ring (bicyclic) bond motifs is 1. The molecule has 0 aliphatic carbocycles. The van der Waals surface area contributed by atoms with E-state index in [0.29, 0.717) is 5.69 Å². The smallest absolute Gasteiger partial charge is 0.140 e. The first-order chi connectivity index (χ1) is 8.66. The van der Waals surface area contributed by atoms with Crippen LogP contribution >= 0.6 is 0 Å². The second kappa shape index (κ2) is 3.84. The standard InChI is InChI=1S/C14H12FN3/c1-8-6-17-14-13(11(16)7-18-14)12(8)9-2-4-10(15)5-3-9/h2-7H,16H2,1H3,(H,17,18). The number of pyridine rings is 1. The fraction of sp³-hybridized carbons (Fsp3) is 0.0714. The van der Waals surface area contributed by atoms with Crippen LogP contribution in [0.4, 0.5) is 10.1 Å². The summed E-state index contributed by atoms with van der Waals surface area (Å²) < 4.78 is 13.0. The third-order valence-corrected chi connectivity index (χ3v) is 3.05. The monoisotopic (exact) mass is 241 g/mol. The summed E-state index contributed by atoms with van der Waals surface area (Å²) in [5, 5.41) is 0.890. The fourth-order valence-electron chi connectivity index (χ4n) is 2.20. The predicted molar refractivity (Wildman–Crippen MR) is 70.6 cm³/mol. The molecule has 0 saturated carbocycles. The molecule has 0 atom stereocenters. The Hall–Kier alpha value is -2.36. The molecule has 3 nitrogen and oxygen atoms in total. The minimum atomic E-state index is -0.247. The van der Waals surface area contributed by atoms with E-state index in [0.717, 1.165) is 27.7 Å². The van der Waals surface area contributed by atoms with Gasteiger partial charge in [-0.05, 0) is 35.7 Å². The molecule has 0 radical (unpaired) electrons. The van der Waals surface area contributed by atoms with Gasteiger partial charge in [0.1, 0.15) is 11.5 Å². The van der Waals surface area contributed by atoms with Crippen molar-refractivity contribution >= 4 is 16.7 Å². The molecule has 2 heterocycles. The van der Waals surface area contributed by atoms with Gasteiger partial charge >= 0.3 is 0 Å². The third kappa shape index (κ3) is 1.54. The molecule has 0 saturated heterocycles. The van der Waals surface area contributed by atoms with E-state index in [1.54, 1.807) is 24.5 Å².